The number of aryl methyl sites for hydroxylation is 1. The molecule has 0 aliphatic rings. The molecule has 0 spiro atoms. The maximum atomic E-state index is 13.3. The second kappa shape index (κ2) is 11.8. The Morgan fingerprint density at radius 2 is 1.56 bits per heavy atom. The standard InChI is InChI=1S/C28H40N2O2/c1-7-25(27(32)29-19-21(2)3)30(20-23-11-9-8-10-12-23)26(31)18-15-22-13-16-24(17-14-22)28(4,5)6/h8-14,16-17,21,25H,7,15,18-20H2,1-6H3,(H,29,32)/t25-/m1/s1. The maximum absolute atomic E-state index is 13.3. The van der Waals surface area contributed by atoms with E-state index in [1.54, 1.807) is 4.90 Å². The summed E-state index contributed by atoms with van der Waals surface area (Å²) in [7, 11) is 0. The van der Waals surface area contributed by atoms with E-state index in [0.717, 1.165) is 11.1 Å². The van der Waals surface area contributed by atoms with Gasteiger partial charge in [0.05, 0.1) is 0 Å². The van der Waals surface area contributed by atoms with Crippen molar-refractivity contribution in [1.82, 2.24) is 10.2 Å². The van der Waals surface area contributed by atoms with E-state index in [1.807, 2.05) is 37.3 Å². The molecule has 2 amide bonds. The molecule has 1 N–H and O–H groups in total. The summed E-state index contributed by atoms with van der Waals surface area (Å²) < 4.78 is 0. The number of amides is 2. The van der Waals surface area contributed by atoms with Crippen LogP contribution < -0.4 is 5.32 Å². The number of nitrogens with zero attached hydrogens (tertiary/aromatic N) is 1. The van der Waals surface area contributed by atoms with Crippen LogP contribution in [0.15, 0.2) is 54.6 Å². The zero-order valence-corrected chi connectivity index (χ0v) is 20.7. The Balaban J connectivity index is 2.14. The molecule has 0 aliphatic carbocycles. The first-order chi connectivity index (χ1) is 15.1. The van der Waals surface area contributed by atoms with Gasteiger partial charge in [-0.25, -0.2) is 0 Å². The predicted octanol–water partition coefficient (Wildman–Crippen LogP) is 5.50. The van der Waals surface area contributed by atoms with Crippen molar-refractivity contribution in [1.29, 1.82) is 0 Å². The minimum atomic E-state index is -0.468. The molecule has 4 heteroatoms. The summed E-state index contributed by atoms with van der Waals surface area (Å²) in [5, 5.41) is 3.02. The first-order valence-electron chi connectivity index (χ1n) is 11.8. The van der Waals surface area contributed by atoms with Crippen LogP contribution in [0.4, 0.5) is 0 Å². The van der Waals surface area contributed by atoms with Gasteiger partial charge >= 0.3 is 0 Å². The molecule has 2 aromatic carbocycles. The summed E-state index contributed by atoms with van der Waals surface area (Å²) in [6.07, 6.45) is 1.64. The average molecular weight is 437 g/mol. The van der Waals surface area contributed by atoms with E-state index >= 15 is 0 Å². The smallest absolute Gasteiger partial charge is 0.242 e. The van der Waals surface area contributed by atoms with Crippen LogP contribution in [-0.4, -0.2) is 29.3 Å². The highest BCUT2D eigenvalue weighted by Crippen LogP contribution is 2.23. The van der Waals surface area contributed by atoms with Crippen molar-refractivity contribution in [3.63, 3.8) is 0 Å². The van der Waals surface area contributed by atoms with Crippen molar-refractivity contribution in [3.05, 3.63) is 71.3 Å². The minimum Gasteiger partial charge on any atom is -0.354 e. The Bertz CT molecular complexity index is 851. The summed E-state index contributed by atoms with van der Waals surface area (Å²) in [4.78, 5) is 28.0. The van der Waals surface area contributed by atoms with E-state index in [4.69, 9.17) is 0 Å². The summed E-state index contributed by atoms with van der Waals surface area (Å²) in [5.74, 6) is 0.311. The van der Waals surface area contributed by atoms with Crippen LogP contribution in [0.3, 0.4) is 0 Å². The van der Waals surface area contributed by atoms with Crippen molar-refractivity contribution in [2.24, 2.45) is 5.92 Å². The molecule has 32 heavy (non-hydrogen) atoms. The number of nitrogens with one attached hydrogen (secondary N) is 1. The van der Waals surface area contributed by atoms with Crippen LogP contribution in [-0.2, 0) is 28.0 Å². The fourth-order valence-corrected chi connectivity index (χ4v) is 3.69. The van der Waals surface area contributed by atoms with Crippen LogP contribution in [0.1, 0.15) is 71.1 Å². The van der Waals surface area contributed by atoms with E-state index < -0.39 is 6.04 Å². The molecule has 0 fully saturated rings. The van der Waals surface area contributed by atoms with Gasteiger partial charge in [-0.3, -0.25) is 9.59 Å². The van der Waals surface area contributed by atoms with E-state index in [1.165, 1.54) is 5.56 Å². The normalized spacial score (nSPS) is 12.5. The first-order valence-corrected chi connectivity index (χ1v) is 11.8. The molecular weight excluding hydrogens is 396 g/mol. The van der Waals surface area contributed by atoms with Gasteiger partial charge in [0.2, 0.25) is 11.8 Å². The molecule has 4 nitrogen and oxygen atoms in total. The van der Waals surface area contributed by atoms with Gasteiger partial charge in [0.1, 0.15) is 6.04 Å². The van der Waals surface area contributed by atoms with Crippen molar-refractivity contribution < 1.29 is 9.59 Å². The predicted molar refractivity (Wildman–Crippen MR) is 132 cm³/mol. The highest BCUT2D eigenvalue weighted by Gasteiger charge is 2.28. The second-order valence-corrected chi connectivity index (χ2v) is 10.0. The lowest BCUT2D eigenvalue weighted by Crippen LogP contribution is -2.49. The van der Waals surface area contributed by atoms with E-state index in [9.17, 15) is 9.59 Å². The van der Waals surface area contributed by atoms with Crippen molar-refractivity contribution >= 4 is 11.8 Å². The lowest BCUT2D eigenvalue weighted by Gasteiger charge is -2.31. The monoisotopic (exact) mass is 436 g/mol. The van der Waals surface area contributed by atoms with Gasteiger partial charge in [0.25, 0.3) is 0 Å². The molecule has 0 aliphatic heterocycles. The Kier molecular flexibility index (Phi) is 9.49. The van der Waals surface area contributed by atoms with Crippen molar-refractivity contribution in [2.75, 3.05) is 6.54 Å². The Hall–Kier alpha value is -2.62. The summed E-state index contributed by atoms with van der Waals surface area (Å²) in [6.45, 7) is 13.7. The average Bonchev–Trinajstić information content (AvgIpc) is 2.76. The van der Waals surface area contributed by atoms with Crippen LogP contribution in [0.5, 0.6) is 0 Å². The zero-order valence-electron chi connectivity index (χ0n) is 20.7. The molecular formula is C28H40N2O2. The van der Waals surface area contributed by atoms with Crippen molar-refractivity contribution in [2.45, 2.75) is 78.8 Å². The molecule has 2 rings (SSSR count). The Morgan fingerprint density at radius 1 is 0.938 bits per heavy atom. The van der Waals surface area contributed by atoms with Crippen LogP contribution in [0.25, 0.3) is 0 Å². The zero-order chi connectivity index (χ0) is 23.7. The Morgan fingerprint density at radius 3 is 2.09 bits per heavy atom. The third-order valence-corrected chi connectivity index (χ3v) is 5.71. The molecule has 174 valence electrons. The molecule has 0 saturated carbocycles. The highest BCUT2D eigenvalue weighted by molar-refractivity contribution is 5.87. The topological polar surface area (TPSA) is 49.4 Å². The molecule has 2 aromatic rings. The van der Waals surface area contributed by atoms with E-state index in [-0.39, 0.29) is 17.2 Å². The summed E-state index contributed by atoms with van der Waals surface area (Å²) in [5.41, 5.74) is 3.57. The van der Waals surface area contributed by atoms with Gasteiger partial charge in [0, 0.05) is 19.5 Å². The first kappa shape index (κ1) is 25.6. The van der Waals surface area contributed by atoms with Gasteiger partial charge in [0.15, 0.2) is 0 Å². The number of carbonyl (C=O) groups excluding carboxylic acids is 2. The molecule has 0 bridgehead atoms. The second-order valence-electron chi connectivity index (χ2n) is 10.0. The molecule has 0 aromatic heterocycles. The molecule has 1 atom stereocenters. The Labute approximate surface area is 194 Å². The molecule has 0 radical (unpaired) electrons. The molecule has 0 unspecified atom stereocenters. The van der Waals surface area contributed by atoms with Crippen LogP contribution in [0.2, 0.25) is 0 Å². The summed E-state index contributed by atoms with van der Waals surface area (Å²) >= 11 is 0. The number of carbonyl (C=O) groups is 2. The molecule has 0 heterocycles. The third-order valence-electron chi connectivity index (χ3n) is 5.71. The van der Waals surface area contributed by atoms with E-state index in [2.05, 4.69) is 64.2 Å². The fourth-order valence-electron chi connectivity index (χ4n) is 3.69. The lowest BCUT2D eigenvalue weighted by molar-refractivity contribution is -0.141. The fraction of sp³-hybridized carbons (Fsp3) is 0.500. The SMILES string of the molecule is CC[C@H](C(=O)NCC(C)C)N(Cc1ccccc1)C(=O)CCc1ccc(C(C)(C)C)cc1. The van der Waals surface area contributed by atoms with Crippen LogP contribution >= 0.6 is 0 Å². The van der Waals surface area contributed by atoms with E-state index in [0.29, 0.717) is 38.3 Å². The largest absolute Gasteiger partial charge is 0.354 e. The number of benzene rings is 2. The van der Waals surface area contributed by atoms with Crippen molar-refractivity contribution in [3.8, 4) is 0 Å². The van der Waals surface area contributed by atoms with Gasteiger partial charge < -0.3 is 10.2 Å². The highest BCUT2D eigenvalue weighted by atomic mass is 16.2. The van der Waals surface area contributed by atoms with Gasteiger partial charge in [-0.05, 0) is 40.9 Å². The third kappa shape index (κ3) is 7.81. The van der Waals surface area contributed by atoms with Gasteiger partial charge in [-0.15, -0.1) is 0 Å². The quantitative estimate of drug-likeness (QED) is 0.535. The van der Waals surface area contributed by atoms with Crippen LogP contribution in [0, 0.1) is 5.92 Å². The maximum Gasteiger partial charge on any atom is 0.242 e. The number of hydrogen-bond acceptors (Lipinski definition) is 2. The number of hydrogen-bond donors (Lipinski definition) is 1. The molecule has 0 saturated heterocycles. The summed E-state index contributed by atoms with van der Waals surface area (Å²) in [6, 6.07) is 18.0. The minimum absolute atomic E-state index is 0.0142. The lowest BCUT2D eigenvalue weighted by atomic mass is 9.86. The van der Waals surface area contributed by atoms with Gasteiger partial charge in [-0.2, -0.15) is 0 Å². The van der Waals surface area contributed by atoms with Gasteiger partial charge in [-0.1, -0.05) is 96.1 Å². The number of rotatable bonds is 10.